The molecule has 0 spiro atoms. The van der Waals surface area contributed by atoms with Crippen LogP contribution in [0.25, 0.3) is 0 Å². The molecule has 2 saturated heterocycles. The van der Waals surface area contributed by atoms with Gasteiger partial charge in [-0.25, -0.2) is 0 Å². The number of benzene rings is 1. The number of ether oxygens (including phenoxy) is 2. The van der Waals surface area contributed by atoms with Gasteiger partial charge in [-0.3, -0.25) is 14.5 Å². The maximum Gasteiger partial charge on any atom is 0.236 e. The van der Waals surface area contributed by atoms with Gasteiger partial charge >= 0.3 is 0 Å². The lowest BCUT2D eigenvalue weighted by molar-refractivity contribution is -0.141. The summed E-state index contributed by atoms with van der Waals surface area (Å²) in [4.78, 5) is 30.7. The van der Waals surface area contributed by atoms with Crippen LogP contribution in [0, 0.1) is 13.8 Å². The van der Waals surface area contributed by atoms with Crippen molar-refractivity contribution in [2.24, 2.45) is 0 Å². The Balaban J connectivity index is 1.36. The summed E-state index contributed by atoms with van der Waals surface area (Å²) in [5, 5.41) is 0. The van der Waals surface area contributed by atoms with Crippen LogP contribution in [0.4, 0.5) is 0 Å². The van der Waals surface area contributed by atoms with Crippen molar-refractivity contribution in [1.29, 1.82) is 0 Å². The second-order valence-corrected chi connectivity index (χ2v) is 7.52. The topological polar surface area (TPSA) is 62.3 Å². The molecule has 154 valence electrons. The molecule has 0 aliphatic carbocycles. The average molecular weight is 389 g/mol. The van der Waals surface area contributed by atoms with E-state index in [0.717, 1.165) is 24.4 Å². The van der Waals surface area contributed by atoms with Gasteiger partial charge in [0.25, 0.3) is 0 Å². The van der Waals surface area contributed by atoms with Crippen molar-refractivity contribution < 1.29 is 19.1 Å². The van der Waals surface area contributed by atoms with E-state index in [1.165, 1.54) is 5.56 Å². The first-order chi connectivity index (χ1) is 13.5. The van der Waals surface area contributed by atoms with Crippen molar-refractivity contribution in [3.8, 4) is 5.75 Å². The minimum Gasteiger partial charge on any atom is -0.493 e. The fourth-order valence-electron chi connectivity index (χ4n) is 3.62. The van der Waals surface area contributed by atoms with Gasteiger partial charge in [0.05, 0.1) is 32.8 Å². The molecule has 3 rings (SSSR count). The highest BCUT2D eigenvalue weighted by molar-refractivity contribution is 5.79. The molecule has 0 radical (unpaired) electrons. The Kier molecular flexibility index (Phi) is 7.28. The summed E-state index contributed by atoms with van der Waals surface area (Å²) in [7, 11) is 0. The Labute approximate surface area is 167 Å². The number of hydrogen-bond acceptors (Lipinski definition) is 5. The number of amides is 2. The number of carbonyl (C=O) groups excluding carboxylic acids is 2. The molecule has 2 aliphatic heterocycles. The van der Waals surface area contributed by atoms with Gasteiger partial charge in [0, 0.05) is 39.3 Å². The summed E-state index contributed by atoms with van der Waals surface area (Å²) in [6.45, 7) is 10.3. The number of aryl methyl sites for hydroxylation is 2. The summed E-state index contributed by atoms with van der Waals surface area (Å²) in [6.07, 6.45) is 0.356. The van der Waals surface area contributed by atoms with Crippen molar-refractivity contribution in [2.75, 3.05) is 65.6 Å². The van der Waals surface area contributed by atoms with Crippen LogP contribution >= 0.6 is 0 Å². The molecular weight excluding hydrogens is 358 g/mol. The molecule has 2 amide bonds. The van der Waals surface area contributed by atoms with Crippen LogP contribution in [0.1, 0.15) is 17.5 Å². The van der Waals surface area contributed by atoms with Gasteiger partial charge in [0.1, 0.15) is 5.75 Å². The predicted molar refractivity (Wildman–Crippen MR) is 106 cm³/mol. The normalized spacial score (nSPS) is 18.2. The highest BCUT2D eigenvalue weighted by atomic mass is 16.5. The number of nitrogens with zero attached hydrogens (tertiary/aromatic N) is 3. The molecule has 7 heteroatoms. The van der Waals surface area contributed by atoms with Gasteiger partial charge in [0.15, 0.2) is 0 Å². The minimum absolute atomic E-state index is 0.0880. The highest BCUT2D eigenvalue weighted by Crippen LogP contribution is 2.19. The lowest BCUT2D eigenvalue weighted by Gasteiger charge is -2.36. The third-order valence-electron chi connectivity index (χ3n) is 5.35. The monoisotopic (exact) mass is 389 g/mol. The predicted octanol–water partition coefficient (Wildman–Crippen LogP) is 1.08. The van der Waals surface area contributed by atoms with E-state index in [2.05, 4.69) is 11.0 Å². The molecule has 0 saturated carbocycles. The van der Waals surface area contributed by atoms with Gasteiger partial charge in [-0.05, 0) is 25.5 Å². The van der Waals surface area contributed by atoms with Crippen LogP contribution in [0.2, 0.25) is 0 Å². The maximum atomic E-state index is 12.4. The third-order valence-corrected chi connectivity index (χ3v) is 5.35. The van der Waals surface area contributed by atoms with Gasteiger partial charge in [-0.2, -0.15) is 0 Å². The van der Waals surface area contributed by atoms with E-state index in [1.807, 2.05) is 35.8 Å². The molecule has 0 unspecified atom stereocenters. The largest absolute Gasteiger partial charge is 0.493 e. The number of hydrogen-bond donors (Lipinski definition) is 0. The molecule has 1 aromatic carbocycles. The molecule has 0 N–H and O–H groups in total. The first-order valence-corrected chi connectivity index (χ1v) is 10.1. The summed E-state index contributed by atoms with van der Waals surface area (Å²) in [5.74, 6) is 1.06. The Morgan fingerprint density at radius 1 is 0.964 bits per heavy atom. The molecule has 2 aliphatic rings. The molecule has 7 nitrogen and oxygen atoms in total. The van der Waals surface area contributed by atoms with Gasteiger partial charge in [-0.15, -0.1) is 0 Å². The molecule has 2 fully saturated rings. The fraction of sp³-hybridized carbons (Fsp3) is 0.619. The maximum absolute atomic E-state index is 12.4. The number of rotatable bonds is 6. The minimum atomic E-state index is 0.0880. The van der Waals surface area contributed by atoms with E-state index in [4.69, 9.17) is 9.47 Å². The number of carbonyl (C=O) groups is 2. The zero-order chi connectivity index (χ0) is 19.9. The Morgan fingerprint density at radius 2 is 1.61 bits per heavy atom. The molecule has 0 atom stereocenters. The van der Waals surface area contributed by atoms with Crippen molar-refractivity contribution in [3.05, 3.63) is 29.3 Å². The van der Waals surface area contributed by atoms with Gasteiger partial charge < -0.3 is 19.3 Å². The van der Waals surface area contributed by atoms with Crippen molar-refractivity contribution in [2.45, 2.75) is 20.3 Å². The Hall–Kier alpha value is -2.12. The Bertz CT molecular complexity index is 680. The van der Waals surface area contributed by atoms with Crippen molar-refractivity contribution in [1.82, 2.24) is 14.7 Å². The molecule has 28 heavy (non-hydrogen) atoms. The molecule has 1 aromatic rings. The SMILES string of the molecule is Cc1ccc(OCCC(=O)N2CCN(C(=O)CN3CCOCC3)CC2)c(C)c1. The van der Waals surface area contributed by atoms with Crippen LogP contribution in [0.15, 0.2) is 18.2 Å². The first-order valence-electron chi connectivity index (χ1n) is 10.1. The van der Waals surface area contributed by atoms with Crippen molar-refractivity contribution in [3.63, 3.8) is 0 Å². The van der Waals surface area contributed by atoms with E-state index in [0.29, 0.717) is 59.0 Å². The highest BCUT2D eigenvalue weighted by Gasteiger charge is 2.25. The summed E-state index contributed by atoms with van der Waals surface area (Å²) in [5.41, 5.74) is 2.28. The molecule has 2 heterocycles. The van der Waals surface area contributed by atoms with Crippen LogP contribution in [-0.4, -0.2) is 92.1 Å². The Morgan fingerprint density at radius 3 is 2.25 bits per heavy atom. The van der Waals surface area contributed by atoms with Crippen LogP contribution < -0.4 is 4.74 Å². The first kappa shape index (κ1) is 20.6. The van der Waals surface area contributed by atoms with Gasteiger partial charge in [0.2, 0.25) is 11.8 Å². The van der Waals surface area contributed by atoms with Crippen LogP contribution in [0.3, 0.4) is 0 Å². The standard InChI is InChI=1S/C21H31N3O4/c1-17-3-4-19(18(2)15-17)28-12-5-20(25)23-6-8-24(9-7-23)21(26)16-22-10-13-27-14-11-22/h3-4,15H,5-14,16H2,1-2H3. The van der Waals surface area contributed by atoms with Gasteiger partial charge in [-0.1, -0.05) is 17.7 Å². The lowest BCUT2D eigenvalue weighted by Crippen LogP contribution is -2.53. The second-order valence-electron chi connectivity index (χ2n) is 7.52. The zero-order valence-corrected chi connectivity index (χ0v) is 17.0. The summed E-state index contributed by atoms with van der Waals surface area (Å²) in [6, 6.07) is 6.04. The number of morpholine rings is 1. The van der Waals surface area contributed by atoms with E-state index < -0.39 is 0 Å². The van der Waals surface area contributed by atoms with E-state index >= 15 is 0 Å². The lowest BCUT2D eigenvalue weighted by atomic mass is 10.1. The smallest absolute Gasteiger partial charge is 0.236 e. The quantitative estimate of drug-likeness (QED) is 0.729. The fourth-order valence-corrected chi connectivity index (χ4v) is 3.62. The summed E-state index contributed by atoms with van der Waals surface area (Å²) < 4.78 is 11.1. The van der Waals surface area contributed by atoms with Crippen LogP contribution in [0.5, 0.6) is 5.75 Å². The number of piperazine rings is 1. The summed E-state index contributed by atoms with van der Waals surface area (Å²) >= 11 is 0. The van der Waals surface area contributed by atoms with E-state index in [9.17, 15) is 9.59 Å². The molecular formula is C21H31N3O4. The molecule has 0 bridgehead atoms. The van der Waals surface area contributed by atoms with Crippen molar-refractivity contribution >= 4 is 11.8 Å². The van der Waals surface area contributed by atoms with E-state index in [1.54, 1.807) is 0 Å². The van der Waals surface area contributed by atoms with Crippen LogP contribution in [-0.2, 0) is 14.3 Å². The third kappa shape index (κ3) is 5.69. The average Bonchev–Trinajstić information content (AvgIpc) is 2.70. The zero-order valence-electron chi connectivity index (χ0n) is 17.0. The molecule has 0 aromatic heterocycles. The van der Waals surface area contributed by atoms with E-state index in [-0.39, 0.29) is 11.8 Å². The second kappa shape index (κ2) is 9.89.